The lowest BCUT2D eigenvalue weighted by atomic mass is 9.71. The van der Waals surface area contributed by atoms with Gasteiger partial charge in [-0.1, -0.05) is 102 Å². The second kappa shape index (κ2) is 19.3. The maximum absolute atomic E-state index is 14.4. The zero-order valence-electron chi connectivity index (χ0n) is 37.5. The molecule has 2 N–H and O–H groups in total. The first-order valence-corrected chi connectivity index (χ1v) is 22.9. The maximum atomic E-state index is 14.4. The van der Waals surface area contributed by atoms with Gasteiger partial charge in [-0.25, -0.2) is 0 Å². The van der Waals surface area contributed by atoms with Gasteiger partial charge in [-0.2, -0.15) is 0 Å². The predicted octanol–water partition coefficient (Wildman–Crippen LogP) is 7.52. The van der Waals surface area contributed by atoms with E-state index >= 15 is 0 Å². The van der Waals surface area contributed by atoms with Gasteiger partial charge in [0.15, 0.2) is 5.79 Å². The summed E-state index contributed by atoms with van der Waals surface area (Å²) in [4.78, 5) is 27.4. The van der Waals surface area contributed by atoms with Crippen LogP contribution in [-0.4, -0.2) is 102 Å². The number of methoxy groups -OCH3 is 1. The van der Waals surface area contributed by atoms with Gasteiger partial charge in [0.2, 0.25) is 0 Å². The number of ether oxygens (including phenoxy) is 7. The highest BCUT2D eigenvalue weighted by atomic mass is 16.7. The van der Waals surface area contributed by atoms with Gasteiger partial charge in [0.25, 0.3) is 0 Å². The van der Waals surface area contributed by atoms with Crippen LogP contribution in [0, 0.1) is 29.6 Å². The average Bonchev–Trinajstić information content (AvgIpc) is 3.58. The van der Waals surface area contributed by atoms with Crippen LogP contribution >= 0.6 is 0 Å². The van der Waals surface area contributed by atoms with Gasteiger partial charge in [0.05, 0.1) is 43.5 Å². The third kappa shape index (κ3) is 9.83. The van der Waals surface area contributed by atoms with Gasteiger partial charge in [0, 0.05) is 38.7 Å². The van der Waals surface area contributed by atoms with Crippen LogP contribution in [0.25, 0.3) is 0 Å². The first-order valence-electron chi connectivity index (χ1n) is 22.9. The number of carbonyl (C=O) groups excluding carboxylic acids is 2. The summed E-state index contributed by atoms with van der Waals surface area (Å²) in [7, 11) is 1.66. The quantitative estimate of drug-likeness (QED) is 0.199. The molecule has 11 heteroatoms. The molecular formula is C50H70O11. The van der Waals surface area contributed by atoms with E-state index in [0.717, 1.165) is 24.0 Å². The number of aliphatic hydroxyl groups excluding tert-OH is 1. The van der Waals surface area contributed by atoms with Crippen molar-refractivity contribution in [1.29, 1.82) is 0 Å². The van der Waals surface area contributed by atoms with Crippen LogP contribution in [0.3, 0.4) is 0 Å². The standard InChI is InChI=1S/C50H70O11/c1-9-29(2)45-32(5)20-21-49(61-45)27-39-25-37(60-49)19-18-31(4)44(57-38-22-34(7)46(41(26-38)55-8)59-42(51)24-35-15-11-10-12-16-35)30(3)14-13-17-36-28-56-47-43(52)33(6)23-40(48(53)58-39)50(36,47)54/h10-18,23,29-30,32,34,37-41,43-47,52,54H,9,19-22,24-28H2,1-8H3/b14-13+,31-18+,36-17+/t29?,30-,32-,34+,37+,38+,39-,40-,41-,43+,44-,45+,46-,47+,49+,50+/m0/s1. The third-order valence-electron chi connectivity index (χ3n) is 14.6. The molecule has 1 saturated carbocycles. The Morgan fingerprint density at radius 2 is 1.79 bits per heavy atom. The van der Waals surface area contributed by atoms with Crippen molar-refractivity contribution in [2.45, 2.75) is 173 Å². The summed E-state index contributed by atoms with van der Waals surface area (Å²) in [6, 6.07) is 9.61. The van der Waals surface area contributed by atoms with Crippen molar-refractivity contribution in [1.82, 2.24) is 0 Å². The molecule has 0 aromatic heterocycles. The Morgan fingerprint density at radius 3 is 2.52 bits per heavy atom. The van der Waals surface area contributed by atoms with Crippen molar-refractivity contribution in [2.75, 3.05) is 13.7 Å². The Kier molecular flexibility index (Phi) is 14.5. The number of aliphatic hydroxyl groups is 2. The summed E-state index contributed by atoms with van der Waals surface area (Å²) in [5.41, 5.74) is 1.21. The summed E-state index contributed by atoms with van der Waals surface area (Å²) in [6.07, 6.45) is 10.9. The summed E-state index contributed by atoms with van der Waals surface area (Å²) in [6.45, 7) is 14.8. The smallest absolute Gasteiger partial charge is 0.316 e. The molecule has 1 spiro atoms. The highest BCUT2D eigenvalue weighted by Crippen LogP contribution is 2.48. The Labute approximate surface area is 362 Å². The zero-order valence-corrected chi connectivity index (χ0v) is 37.5. The number of hydrogen-bond donors (Lipinski definition) is 2. The molecule has 0 amide bonds. The van der Waals surface area contributed by atoms with E-state index in [-0.39, 0.29) is 61.4 Å². The zero-order chi connectivity index (χ0) is 43.6. The van der Waals surface area contributed by atoms with Crippen LogP contribution in [0.2, 0.25) is 0 Å². The number of allylic oxidation sites excluding steroid dienone is 2. The second-order valence-corrected chi connectivity index (χ2v) is 19.2. The van der Waals surface area contributed by atoms with Crippen LogP contribution in [0.15, 0.2) is 77.4 Å². The molecule has 0 radical (unpaired) electrons. The van der Waals surface area contributed by atoms with Crippen molar-refractivity contribution in [2.24, 2.45) is 29.6 Å². The van der Waals surface area contributed by atoms with E-state index in [1.54, 1.807) is 20.1 Å². The van der Waals surface area contributed by atoms with Crippen LogP contribution in [-0.2, 0) is 49.2 Å². The van der Waals surface area contributed by atoms with Crippen molar-refractivity contribution >= 4 is 11.9 Å². The van der Waals surface area contributed by atoms with Crippen LogP contribution in [0.4, 0.5) is 0 Å². The lowest BCUT2D eigenvalue weighted by molar-refractivity contribution is -0.340. The lowest BCUT2D eigenvalue weighted by Gasteiger charge is -2.51. The maximum Gasteiger partial charge on any atom is 0.316 e. The number of esters is 2. The fourth-order valence-corrected chi connectivity index (χ4v) is 10.9. The summed E-state index contributed by atoms with van der Waals surface area (Å²) < 4.78 is 45.6. The number of rotatable bonds is 8. The molecule has 1 aromatic carbocycles. The molecule has 4 heterocycles. The Balaban J connectivity index is 1.18. The predicted molar refractivity (Wildman–Crippen MR) is 230 cm³/mol. The normalized spacial score (nSPS) is 43.4. The molecule has 6 aliphatic rings. The van der Waals surface area contributed by atoms with Crippen molar-refractivity contribution < 1.29 is 53.0 Å². The van der Waals surface area contributed by atoms with Crippen molar-refractivity contribution in [3.8, 4) is 0 Å². The molecule has 2 bridgehead atoms. The van der Waals surface area contributed by atoms with Crippen LogP contribution in [0.5, 0.6) is 0 Å². The van der Waals surface area contributed by atoms with Gasteiger partial charge in [-0.3, -0.25) is 9.59 Å². The summed E-state index contributed by atoms with van der Waals surface area (Å²) >= 11 is 0. The molecule has 2 aliphatic carbocycles. The fourth-order valence-electron chi connectivity index (χ4n) is 10.9. The summed E-state index contributed by atoms with van der Waals surface area (Å²) in [5, 5.41) is 23.7. The minimum atomic E-state index is -1.80. The van der Waals surface area contributed by atoms with Crippen molar-refractivity contribution in [3.63, 3.8) is 0 Å². The Hall–Kier alpha value is -3.16. The van der Waals surface area contributed by atoms with E-state index in [2.05, 4.69) is 47.6 Å². The molecule has 61 heavy (non-hydrogen) atoms. The largest absolute Gasteiger partial charge is 0.462 e. The molecule has 336 valence electrons. The van der Waals surface area contributed by atoms with Crippen molar-refractivity contribution in [3.05, 3.63) is 83.0 Å². The van der Waals surface area contributed by atoms with E-state index in [0.29, 0.717) is 61.5 Å². The first-order chi connectivity index (χ1) is 29.1. The molecule has 11 nitrogen and oxygen atoms in total. The SMILES string of the molecule is CCC(C)[C@H]1O[C@]2(CC[C@@H]1C)C[C@@H]1C[C@@H](C/C=C(\C)[C@@H](O[C@@H]3C[C@@H](C)[C@H](OC(=O)Cc4ccccc4)[C@@H](OC)C3)[C@@H](C)/C=C/C=C3\CO[C@@H]4[C@H](O)C(C)=C[C@@H](C(=O)O1)[C@]34O)O2. The van der Waals surface area contributed by atoms with Gasteiger partial charge in [-0.05, 0) is 73.1 Å². The molecule has 3 saturated heterocycles. The molecule has 4 fully saturated rings. The highest BCUT2D eigenvalue weighted by molar-refractivity contribution is 5.78. The number of fused-ring (bicyclic) bond motifs is 2. The number of carbonyl (C=O) groups is 2. The lowest BCUT2D eigenvalue weighted by Crippen LogP contribution is -2.58. The minimum absolute atomic E-state index is 0.00501. The summed E-state index contributed by atoms with van der Waals surface area (Å²) in [5.74, 6) is -2.25. The van der Waals surface area contributed by atoms with E-state index in [4.69, 9.17) is 33.2 Å². The topological polar surface area (TPSA) is 139 Å². The fraction of sp³-hybridized carbons (Fsp3) is 0.680. The molecule has 7 rings (SSSR count). The van der Waals surface area contributed by atoms with Crippen LogP contribution < -0.4 is 0 Å². The Bertz CT molecular complexity index is 1820. The molecule has 16 atom stereocenters. The molecule has 1 aromatic rings. The molecular weight excluding hydrogens is 777 g/mol. The third-order valence-corrected chi connectivity index (χ3v) is 14.6. The van der Waals surface area contributed by atoms with E-state index in [1.165, 1.54) is 0 Å². The number of hydrogen-bond acceptors (Lipinski definition) is 11. The molecule has 4 aliphatic heterocycles. The van der Waals surface area contributed by atoms with E-state index in [9.17, 15) is 19.8 Å². The molecule has 1 unspecified atom stereocenters. The Morgan fingerprint density at radius 1 is 1.02 bits per heavy atom. The number of benzene rings is 1. The minimum Gasteiger partial charge on any atom is -0.462 e. The van der Waals surface area contributed by atoms with Crippen LogP contribution in [0.1, 0.15) is 105 Å². The first kappa shape index (κ1) is 45.9. The van der Waals surface area contributed by atoms with E-state index < -0.39 is 47.7 Å². The second-order valence-electron chi connectivity index (χ2n) is 19.2. The van der Waals surface area contributed by atoms with Gasteiger partial charge in [0.1, 0.15) is 35.9 Å². The van der Waals surface area contributed by atoms with Gasteiger partial charge < -0.3 is 43.4 Å². The average molecular weight is 847 g/mol. The monoisotopic (exact) mass is 846 g/mol. The highest BCUT2D eigenvalue weighted by Gasteiger charge is 2.60. The van der Waals surface area contributed by atoms with E-state index in [1.807, 2.05) is 48.6 Å². The van der Waals surface area contributed by atoms with Gasteiger partial charge in [-0.15, -0.1) is 0 Å². The van der Waals surface area contributed by atoms with Gasteiger partial charge >= 0.3 is 11.9 Å².